The second-order valence-corrected chi connectivity index (χ2v) is 7.43. The van der Waals surface area contributed by atoms with Gasteiger partial charge in [0.15, 0.2) is 0 Å². The molecule has 3 unspecified atom stereocenters. The summed E-state index contributed by atoms with van der Waals surface area (Å²) in [5, 5.41) is 3.78. The first-order valence-corrected chi connectivity index (χ1v) is 8.76. The average molecular weight is 281 g/mol. The Morgan fingerprint density at radius 2 is 2.05 bits per heavy atom. The minimum atomic E-state index is 0.719. The van der Waals surface area contributed by atoms with Crippen LogP contribution in [0.3, 0.4) is 0 Å². The summed E-state index contributed by atoms with van der Waals surface area (Å²) >= 11 is 0. The van der Waals surface area contributed by atoms with E-state index < -0.39 is 0 Å². The van der Waals surface area contributed by atoms with Crippen LogP contribution in [0.15, 0.2) is 0 Å². The molecular weight excluding hydrogens is 246 g/mol. The molecule has 2 aliphatic heterocycles. The van der Waals surface area contributed by atoms with Crippen LogP contribution in [0, 0.1) is 11.8 Å². The van der Waals surface area contributed by atoms with E-state index in [2.05, 4.69) is 42.9 Å². The second kappa shape index (κ2) is 7.77. The number of piperidine rings is 1. The number of likely N-dealkylation sites (tertiary alicyclic amines) is 1. The fraction of sp³-hybridized carbons (Fsp3) is 1.00. The predicted molar refractivity (Wildman–Crippen MR) is 87.1 cm³/mol. The summed E-state index contributed by atoms with van der Waals surface area (Å²) in [4.78, 5) is 5.33. The maximum absolute atomic E-state index is 3.78. The first kappa shape index (κ1) is 16.3. The van der Waals surface area contributed by atoms with Crippen molar-refractivity contribution in [3.63, 3.8) is 0 Å². The number of hydrogen-bond donors (Lipinski definition) is 1. The summed E-state index contributed by atoms with van der Waals surface area (Å²) in [7, 11) is 2.28. The molecule has 2 saturated heterocycles. The Morgan fingerprint density at radius 3 is 2.70 bits per heavy atom. The lowest BCUT2D eigenvalue weighted by Crippen LogP contribution is -2.59. The van der Waals surface area contributed by atoms with E-state index in [-0.39, 0.29) is 0 Å². The van der Waals surface area contributed by atoms with Crippen molar-refractivity contribution in [2.45, 2.75) is 58.5 Å². The van der Waals surface area contributed by atoms with Crippen molar-refractivity contribution in [3.05, 3.63) is 0 Å². The lowest BCUT2D eigenvalue weighted by atomic mass is 9.92. The highest BCUT2D eigenvalue weighted by molar-refractivity contribution is 4.89. The van der Waals surface area contributed by atoms with Crippen molar-refractivity contribution >= 4 is 0 Å². The summed E-state index contributed by atoms with van der Waals surface area (Å²) in [6, 6.07) is 1.45. The summed E-state index contributed by atoms with van der Waals surface area (Å²) in [5.74, 6) is 1.64. The van der Waals surface area contributed by atoms with Gasteiger partial charge in [-0.1, -0.05) is 27.2 Å². The smallest absolute Gasteiger partial charge is 0.0244 e. The third-order valence-electron chi connectivity index (χ3n) is 5.16. The molecule has 0 spiro atoms. The zero-order valence-electron chi connectivity index (χ0n) is 14.1. The van der Waals surface area contributed by atoms with Gasteiger partial charge in [-0.25, -0.2) is 0 Å². The highest BCUT2D eigenvalue weighted by atomic mass is 15.2. The van der Waals surface area contributed by atoms with E-state index in [1.54, 1.807) is 0 Å². The van der Waals surface area contributed by atoms with Crippen LogP contribution in [0.25, 0.3) is 0 Å². The third kappa shape index (κ3) is 4.44. The van der Waals surface area contributed by atoms with Gasteiger partial charge in [0.1, 0.15) is 0 Å². The fourth-order valence-electron chi connectivity index (χ4n) is 4.06. The van der Waals surface area contributed by atoms with E-state index in [0.717, 1.165) is 23.9 Å². The molecule has 2 heterocycles. The minimum absolute atomic E-state index is 0.719. The molecule has 3 heteroatoms. The van der Waals surface area contributed by atoms with Crippen molar-refractivity contribution in [2.75, 3.05) is 39.8 Å². The Balaban J connectivity index is 1.92. The molecule has 0 aromatic rings. The molecule has 2 rings (SSSR count). The van der Waals surface area contributed by atoms with Crippen LogP contribution in [0.5, 0.6) is 0 Å². The van der Waals surface area contributed by atoms with E-state index in [9.17, 15) is 0 Å². The minimum Gasteiger partial charge on any atom is -0.311 e. The van der Waals surface area contributed by atoms with E-state index in [1.807, 2.05) is 0 Å². The zero-order valence-corrected chi connectivity index (χ0v) is 14.1. The topological polar surface area (TPSA) is 18.5 Å². The van der Waals surface area contributed by atoms with Gasteiger partial charge < -0.3 is 10.2 Å². The van der Waals surface area contributed by atoms with Gasteiger partial charge in [0.2, 0.25) is 0 Å². The van der Waals surface area contributed by atoms with Crippen LogP contribution in [0.1, 0.15) is 46.5 Å². The van der Waals surface area contributed by atoms with Crippen LogP contribution in [0.2, 0.25) is 0 Å². The van der Waals surface area contributed by atoms with Gasteiger partial charge in [0, 0.05) is 38.3 Å². The highest BCUT2D eigenvalue weighted by Crippen LogP contribution is 2.22. The average Bonchev–Trinajstić information content (AvgIpc) is 2.39. The molecule has 118 valence electrons. The predicted octanol–water partition coefficient (Wildman–Crippen LogP) is 2.43. The lowest BCUT2D eigenvalue weighted by Gasteiger charge is -2.45. The molecular formula is C17H35N3. The molecule has 0 aromatic carbocycles. The maximum Gasteiger partial charge on any atom is 0.0244 e. The number of nitrogens with zero attached hydrogens (tertiary/aromatic N) is 2. The molecule has 2 fully saturated rings. The van der Waals surface area contributed by atoms with Gasteiger partial charge in [-0.05, 0) is 44.7 Å². The van der Waals surface area contributed by atoms with Gasteiger partial charge in [0.05, 0.1) is 0 Å². The SMILES string of the molecule is CCCC1CN(CC2CCCN(C)C2)C(C(C)C)CN1. The molecule has 20 heavy (non-hydrogen) atoms. The lowest BCUT2D eigenvalue weighted by molar-refractivity contribution is 0.0620. The van der Waals surface area contributed by atoms with E-state index >= 15 is 0 Å². The summed E-state index contributed by atoms with van der Waals surface area (Å²) in [6.45, 7) is 13.4. The van der Waals surface area contributed by atoms with Crippen molar-refractivity contribution in [1.29, 1.82) is 0 Å². The highest BCUT2D eigenvalue weighted by Gasteiger charge is 2.31. The molecule has 1 N–H and O–H groups in total. The number of piperazine rings is 1. The Bertz CT molecular complexity index is 279. The summed E-state index contributed by atoms with van der Waals surface area (Å²) in [5.41, 5.74) is 0. The van der Waals surface area contributed by atoms with Gasteiger partial charge in [-0.2, -0.15) is 0 Å². The van der Waals surface area contributed by atoms with Crippen LogP contribution >= 0.6 is 0 Å². The molecule has 3 nitrogen and oxygen atoms in total. The van der Waals surface area contributed by atoms with Crippen molar-refractivity contribution in [2.24, 2.45) is 11.8 Å². The second-order valence-electron chi connectivity index (χ2n) is 7.43. The van der Waals surface area contributed by atoms with E-state index in [4.69, 9.17) is 0 Å². The van der Waals surface area contributed by atoms with Crippen LogP contribution in [-0.2, 0) is 0 Å². The molecule has 0 bridgehead atoms. The van der Waals surface area contributed by atoms with Crippen molar-refractivity contribution in [3.8, 4) is 0 Å². The van der Waals surface area contributed by atoms with E-state index in [1.165, 1.54) is 58.4 Å². The zero-order chi connectivity index (χ0) is 14.5. The summed E-state index contributed by atoms with van der Waals surface area (Å²) in [6.07, 6.45) is 5.44. The molecule has 0 saturated carbocycles. The van der Waals surface area contributed by atoms with Crippen LogP contribution in [-0.4, -0.2) is 61.7 Å². The normalized spacial score (nSPS) is 33.8. The molecule has 0 radical (unpaired) electrons. The first-order valence-electron chi connectivity index (χ1n) is 8.76. The van der Waals surface area contributed by atoms with Crippen LogP contribution in [0.4, 0.5) is 0 Å². The number of rotatable bonds is 5. The molecule has 0 amide bonds. The Morgan fingerprint density at radius 1 is 1.25 bits per heavy atom. The third-order valence-corrected chi connectivity index (χ3v) is 5.16. The number of nitrogens with one attached hydrogen (secondary N) is 1. The van der Waals surface area contributed by atoms with E-state index in [0.29, 0.717) is 0 Å². The summed E-state index contributed by atoms with van der Waals surface area (Å²) < 4.78 is 0. The number of hydrogen-bond acceptors (Lipinski definition) is 3. The molecule has 2 aliphatic rings. The molecule has 0 aliphatic carbocycles. The van der Waals surface area contributed by atoms with Crippen molar-refractivity contribution < 1.29 is 0 Å². The van der Waals surface area contributed by atoms with Gasteiger partial charge in [0.25, 0.3) is 0 Å². The van der Waals surface area contributed by atoms with Gasteiger partial charge in [-0.15, -0.1) is 0 Å². The van der Waals surface area contributed by atoms with Crippen LogP contribution < -0.4 is 5.32 Å². The first-order chi connectivity index (χ1) is 9.60. The molecule has 3 atom stereocenters. The maximum atomic E-state index is 3.78. The standard InChI is InChI=1S/C17H35N3/c1-5-7-16-13-20(17(10-18-16)14(2)3)12-15-8-6-9-19(4)11-15/h14-18H,5-13H2,1-4H3. The molecule has 0 aromatic heterocycles. The fourth-order valence-corrected chi connectivity index (χ4v) is 4.06. The Labute approximate surface area is 126 Å². The Hall–Kier alpha value is -0.120. The van der Waals surface area contributed by atoms with Gasteiger partial charge >= 0.3 is 0 Å². The van der Waals surface area contributed by atoms with Crippen molar-refractivity contribution in [1.82, 2.24) is 15.1 Å². The monoisotopic (exact) mass is 281 g/mol. The van der Waals surface area contributed by atoms with Gasteiger partial charge in [-0.3, -0.25) is 4.90 Å². The Kier molecular flexibility index (Phi) is 6.31. The largest absolute Gasteiger partial charge is 0.311 e. The quantitative estimate of drug-likeness (QED) is 0.835.